The van der Waals surface area contributed by atoms with Gasteiger partial charge in [0, 0.05) is 5.69 Å². The first-order chi connectivity index (χ1) is 12.0. The predicted octanol–water partition coefficient (Wildman–Crippen LogP) is 3.83. The highest BCUT2D eigenvalue weighted by Gasteiger charge is 2.11. The van der Waals surface area contributed by atoms with Crippen LogP contribution < -0.4 is 10.1 Å². The molecule has 0 atom stereocenters. The Labute approximate surface area is 148 Å². The molecule has 132 valence electrons. The Bertz CT molecular complexity index is 723. The smallest absolute Gasteiger partial charge is 0.338 e. The number of amides is 1. The second-order valence-corrected chi connectivity index (χ2v) is 5.87. The number of hydrogen-bond donors (Lipinski definition) is 1. The number of hydrogen-bond acceptors (Lipinski definition) is 4. The minimum Gasteiger partial charge on any atom is -0.491 e. The molecule has 0 fully saturated rings. The molecule has 0 radical (unpaired) electrons. The quantitative estimate of drug-likeness (QED) is 0.777. The summed E-state index contributed by atoms with van der Waals surface area (Å²) < 4.78 is 10.6. The van der Waals surface area contributed by atoms with Gasteiger partial charge in [-0.05, 0) is 62.2 Å². The maximum absolute atomic E-state index is 12.0. The zero-order valence-corrected chi connectivity index (χ0v) is 14.7. The average Bonchev–Trinajstić information content (AvgIpc) is 2.60. The molecular formula is C20H23NO4. The van der Waals surface area contributed by atoms with Crippen LogP contribution in [0.2, 0.25) is 0 Å². The molecule has 0 spiro atoms. The van der Waals surface area contributed by atoms with Crippen LogP contribution in [-0.4, -0.2) is 24.6 Å². The van der Waals surface area contributed by atoms with Crippen LogP contribution in [0.3, 0.4) is 0 Å². The normalized spacial score (nSPS) is 10.4. The summed E-state index contributed by atoms with van der Waals surface area (Å²) in [6, 6.07) is 14.2. The van der Waals surface area contributed by atoms with Crippen molar-refractivity contribution in [3.63, 3.8) is 0 Å². The van der Waals surface area contributed by atoms with Gasteiger partial charge in [0.05, 0.1) is 11.7 Å². The van der Waals surface area contributed by atoms with Crippen molar-refractivity contribution in [2.45, 2.75) is 33.3 Å². The van der Waals surface area contributed by atoms with Crippen LogP contribution in [0.15, 0.2) is 48.5 Å². The van der Waals surface area contributed by atoms with E-state index in [2.05, 4.69) is 5.32 Å². The fourth-order valence-electron chi connectivity index (χ4n) is 2.22. The molecule has 0 aliphatic rings. The van der Waals surface area contributed by atoms with Gasteiger partial charge in [-0.25, -0.2) is 4.79 Å². The summed E-state index contributed by atoms with van der Waals surface area (Å²) in [5.41, 5.74) is 2.19. The third-order valence-electron chi connectivity index (χ3n) is 3.42. The van der Waals surface area contributed by atoms with Crippen LogP contribution in [0.25, 0.3) is 0 Å². The van der Waals surface area contributed by atoms with Crippen molar-refractivity contribution in [2.75, 3.05) is 11.9 Å². The molecule has 0 aromatic heterocycles. The van der Waals surface area contributed by atoms with E-state index in [0.717, 1.165) is 12.0 Å². The van der Waals surface area contributed by atoms with E-state index < -0.39 is 5.97 Å². The van der Waals surface area contributed by atoms with Crippen molar-refractivity contribution in [3.8, 4) is 5.75 Å². The van der Waals surface area contributed by atoms with Crippen LogP contribution in [0, 0.1) is 0 Å². The van der Waals surface area contributed by atoms with Gasteiger partial charge in [-0.1, -0.05) is 19.1 Å². The van der Waals surface area contributed by atoms with Gasteiger partial charge >= 0.3 is 5.97 Å². The van der Waals surface area contributed by atoms with E-state index in [4.69, 9.17) is 9.47 Å². The van der Waals surface area contributed by atoms with Crippen molar-refractivity contribution in [3.05, 3.63) is 59.7 Å². The van der Waals surface area contributed by atoms with Gasteiger partial charge in [-0.3, -0.25) is 4.79 Å². The van der Waals surface area contributed by atoms with Crippen LogP contribution >= 0.6 is 0 Å². The number of rotatable bonds is 7. The van der Waals surface area contributed by atoms with Gasteiger partial charge in [0.25, 0.3) is 5.91 Å². The fraction of sp³-hybridized carbons (Fsp3) is 0.300. The Hall–Kier alpha value is -2.82. The number of nitrogens with one attached hydrogen (secondary N) is 1. The van der Waals surface area contributed by atoms with E-state index in [1.807, 2.05) is 39.0 Å². The summed E-state index contributed by atoms with van der Waals surface area (Å²) in [4.78, 5) is 23.9. The summed E-state index contributed by atoms with van der Waals surface area (Å²) in [6.07, 6.45) is 0.947. The van der Waals surface area contributed by atoms with Crippen LogP contribution in [0.5, 0.6) is 5.75 Å². The van der Waals surface area contributed by atoms with Crippen molar-refractivity contribution < 1.29 is 19.1 Å². The third kappa shape index (κ3) is 5.95. The first-order valence-electron chi connectivity index (χ1n) is 8.30. The zero-order valence-electron chi connectivity index (χ0n) is 14.7. The van der Waals surface area contributed by atoms with Gasteiger partial charge in [0.2, 0.25) is 0 Å². The average molecular weight is 341 g/mol. The van der Waals surface area contributed by atoms with E-state index >= 15 is 0 Å². The number of anilines is 1. The summed E-state index contributed by atoms with van der Waals surface area (Å²) in [7, 11) is 0. The lowest BCUT2D eigenvalue weighted by molar-refractivity contribution is -0.119. The Kier molecular flexibility index (Phi) is 6.57. The molecular weight excluding hydrogens is 318 g/mol. The van der Waals surface area contributed by atoms with E-state index in [1.54, 1.807) is 30.3 Å². The first kappa shape index (κ1) is 18.5. The van der Waals surface area contributed by atoms with Gasteiger partial charge in [0.15, 0.2) is 6.61 Å². The van der Waals surface area contributed by atoms with Gasteiger partial charge < -0.3 is 14.8 Å². The number of carbonyl (C=O) groups is 2. The molecule has 25 heavy (non-hydrogen) atoms. The highest BCUT2D eigenvalue weighted by molar-refractivity contribution is 5.95. The molecule has 0 aliphatic carbocycles. The van der Waals surface area contributed by atoms with E-state index in [-0.39, 0.29) is 18.6 Å². The summed E-state index contributed by atoms with van der Waals surface area (Å²) in [5, 5.41) is 2.72. The predicted molar refractivity (Wildman–Crippen MR) is 96.9 cm³/mol. The SMILES string of the molecule is CCc1cccc(NC(=O)COC(=O)c2ccc(OC(C)C)cc2)c1. The lowest BCUT2D eigenvalue weighted by Gasteiger charge is -2.10. The number of carbonyl (C=O) groups excluding carboxylic acids is 2. The maximum atomic E-state index is 12.0. The highest BCUT2D eigenvalue weighted by atomic mass is 16.5. The second kappa shape index (κ2) is 8.87. The van der Waals surface area contributed by atoms with Crippen molar-refractivity contribution >= 4 is 17.6 Å². The molecule has 0 saturated heterocycles. The van der Waals surface area contributed by atoms with E-state index in [9.17, 15) is 9.59 Å². The minimum absolute atomic E-state index is 0.0627. The van der Waals surface area contributed by atoms with Gasteiger partial charge in [-0.2, -0.15) is 0 Å². The molecule has 5 nitrogen and oxygen atoms in total. The van der Waals surface area contributed by atoms with Gasteiger partial charge in [0.1, 0.15) is 5.75 Å². The largest absolute Gasteiger partial charge is 0.491 e. The summed E-state index contributed by atoms with van der Waals surface area (Å²) >= 11 is 0. The summed E-state index contributed by atoms with van der Waals surface area (Å²) in [5.74, 6) is -0.241. The molecule has 1 amide bonds. The van der Waals surface area contributed by atoms with E-state index in [0.29, 0.717) is 17.0 Å². The monoisotopic (exact) mass is 341 g/mol. The van der Waals surface area contributed by atoms with Crippen molar-refractivity contribution in [2.24, 2.45) is 0 Å². The minimum atomic E-state index is -0.548. The second-order valence-electron chi connectivity index (χ2n) is 5.87. The Balaban J connectivity index is 1.85. The van der Waals surface area contributed by atoms with E-state index in [1.165, 1.54) is 0 Å². The summed E-state index contributed by atoms with van der Waals surface area (Å²) in [6.45, 7) is 5.56. The van der Waals surface area contributed by atoms with Crippen molar-refractivity contribution in [1.29, 1.82) is 0 Å². The molecule has 2 aromatic rings. The third-order valence-corrected chi connectivity index (χ3v) is 3.42. The molecule has 2 aromatic carbocycles. The number of aryl methyl sites for hydroxylation is 1. The molecule has 1 N–H and O–H groups in total. The lowest BCUT2D eigenvalue weighted by Crippen LogP contribution is -2.21. The Morgan fingerprint density at radius 2 is 1.80 bits per heavy atom. The lowest BCUT2D eigenvalue weighted by atomic mass is 10.1. The number of esters is 1. The highest BCUT2D eigenvalue weighted by Crippen LogP contribution is 2.15. The Morgan fingerprint density at radius 1 is 1.08 bits per heavy atom. The van der Waals surface area contributed by atoms with Crippen LogP contribution in [0.4, 0.5) is 5.69 Å². The standard InChI is InChI=1S/C20H23NO4/c1-4-15-6-5-7-17(12-15)21-19(22)13-24-20(23)16-8-10-18(11-9-16)25-14(2)3/h5-12,14H,4,13H2,1-3H3,(H,21,22). The Morgan fingerprint density at radius 3 is 2.44 bits per heavy atom. The van der Waals surface area contributed by atoms with Gasteiger partial charge in [-0.15, -0.1) is 0 Å². The molecule has 0 heterocycles. The number of benzene rings is 2. The molecule has 0 bridgehead atoms. The molecule has 0 unspecified atom stereocenters. The maximum Gasteiger partial charge on any atom is 0.338 e. The van der Waals surface area contributed by atoms with Crippen LogP contribution in [0.1, 0.15) is 36.7 Å². The fourth-order valence-corrected chi connectivity index (χ4v) is 2.22. The number of ether oxygens (including phenoxy) is 2. The first-order valence-corrected chi connectivity index (χ1v) is 8.30. The molecule has 2 rings (SSSR count). The van der Waals surface area contributed by atoms with Crippen LogP contribution in [-0.2, 0) is 16.0 Å². The van der Waals surface area contributed by atoms with Crippen molar-refractivity contribution in [1.82, 2.24) is 0 Å². The topological polar surface area (TPSA) is 64.6 Å². The molecule has 5 heteroatoms. The molecule has 0 aliphatic heterocycles. The zero-order chi connectivity index (χ0) is 18.2. The molecule has 0 saturated carbocycles.